The van der Waals surface area contributed by atoms with Crippen molar-refractivity contribution in [1.82, 2.24) is 4.57 Å². The van der Waals surface area contributed by atoms with Gasteiger partial charge in [-0.2, -0.15) is 0 Å². The molecular weight excluding hydrogens is 493 g/mol. The molecule has 1 fully saturated rings. The number of amides is 3. The number of hydrogen-bond donors (Lipinski definition) is 2. The average molecular weight is 514 g/mol. The van der Waals surface area contributed by atoms with Crippen LogP contribution in [0.2, 0.25) is 0 Å². The molecule has 2 atom stereocenters. The van der Waals surface area contributed by atoms with Gasteiger partial charge in [-0.15, -0.1) is 0 Å². The molecule has 2 aliphatic rings. The Morgan fingerprint density at radius 1 is 1.06 bits per heavy atom. The fraction of sp³-hybridized carbons (Fsp3) is 0.250. The molecule has 0 unspecified atom stereocenters. The van der Waals surface area contributed by atoms with Crippen LogP contribution >= 0.6 is 23.1 Å². The van der Waals surface area contributed by atoms with Crippen LogP contribution in [0.1, 0.15) is 18.7 Å². The van der Waals surface area contributed by atoms with Crippen LogP contribution in [-0.4, -0.2) is 32.6 Å². The second-order valence-electron chi connectivity index (χ2n) is 8.91. The van der Waals surface area contributed by atoms with E-state index in [-0.39, 0.29) is 17.2 Å². The number of hydrogen-bond acceptors (Lipinski definition) is 7. The monoisotopic (exact) mass is 513 g/mol. The minimum atomic E-state index is -0.838. The van der Waals surface area contributed by atoms with Crippen molar-refractivity contribution >= 4 is 52.2 Å². The highest BCUT2D eigenvalue weighted by molar-refractivity contribution is 8.00. The second-order valence-corrected chi connectivity index (χ2v) is 11.0. The first-order valence-corrected chi connectivity index (χ1v) is 12.4. The van der Waals surface area contributed by atoms with Crippen molar-refractivity contribution < 1.29 is 23.9 Å². The number of phenols is 1. The third-order valence-corrected chi connectivity index (χ3v) is 9.06. The Balaban J connectivity index is 1.46. The summed E-state index contributed by atoms with van der Waals surface area (Å²) in [6, 6.07) is 11.1. The maximum Gasteiger partial charge on any atom is 0.308 e. The fourth-order valence-corrected chi connectivity index (χ4v) is 7.54. The van der Waals surface area contributed by atoms with Gasteiger partial charge >= 0.3 is 4.87 Å². The van der Waals surface area contributed by atoms with Gasteiger partial charge in [0, 0.05) is 16.0 Å². The molecular formula is C24H20FN3O5S2. The number of thiazole rings is 1. The predicted molar refractivity (Wildman–Crippen MR) is 130 cm³/mol. The lowest BCUT2D eigenvalue weighted by molar-refractivity contribution is -0.123. The molecule has 3 aromatic rings. The van der Waals surface area contributed by atoms with E-state index in [4.69, 9.17) is 0 Å². The minimum Gasteiger partial charge on any atom is -0.508 e. The fourth-order valence-electron chi connectivity index (χ4n) is 4.50. The normalized spacial score (nSPS) is 20.5. The number of fused-ring (bicyclic) bond motifs is 2. The van der Waals surface area contributed by atoms with Gasteiger partial charge in [0.1, 0.15) is 23.4 Å². The first-order valence-electron chi connectivity index (χ1n) is 10.7. The maximum atomic E-state index is 13.4. The summed E-state index contributed by atoms with van der Waals surface area (Å²) in [6.45, 7) is 3.37. The van der Waals surface area contributed by atoms with Crippen LogP contribution < -0.4 is 15.1 Å². The van der Waals surface area contributed by atoms with Crippen molar-refractivity contribution in [3.63, 3.8) is 0 Å². The van der Waals surface area contributed by atoms with Gasteiger partial charge in [-0.25, -0.2) is 9.29 Å². The van der Waals surface area contributed by atoms with Crippen molar-refractivity contribution in [3.8, 4) is 5.75 Å². The van der Waals surface area contributed by atoms with Crippen LogP contribution in [0.4, 0.5) is 15.8 Å². The maximum absolute atomic E-state index is 13.4. The molecule has 180 valence electrons. The molecule has 35 heavy (non-hydrogen) atoms. The first kappa shape index (κ1) is 23.3. The molecule has 0 spiro atoms. The molecule has 0 saturated carbocycles. The molecule has 1 saturated heterocycles. The largest absolute Gasteiger partial charge is 0.508 e. The lowest BCUT2D eigenvalue weighted by Gasteiger charge is -2.36. The topological polar surface area (TPSA) is 109 Å². The number of carbonyl (C=O) groups is 3. The Morgan fingerprint density at radius 3 is 2.37 bits per heavy atom. The molecule has 2 N–H and O–H groups in total. The van der Waals surface area contributed by atoms with Crippen molar-refractivity contribution in [3.05, 3.63) is 68.9 Å². The van der Waals surface area contributed by atoms with Crippen molar-refractivity contribution in [2.45, 2.75) is 36.1 Å². The van der Waals surface area contributed by atoms with Gasteiger partial charge in [-0.05, 0) is 48.5 Å². The van der Waals surface area contributed by atoms with E-state index >= 15 is 0 Å². The number of rotatable bonds is 4. The summed E-state index contributed by atoms with van der Waals surface area (Å²) < 4.78 is 14.7. The van der Waals surface area contributed by atoms with Gasteiger partial charge in [-0.1, -0.05) is 36.9 Å². The van der Waals surface area contributed by atoms with E-state index in [0.717, 1.165) is 28.0 Å². The lowest BCUT2D eigenvalue weighted by Crippen LogP contribution is -2.41. The van der Waals surface area contributed by atoms with Gasteiger partial charge in [0.05, 0.1) is 16.6 Å². The third-order valence-electron chi connectivity index (χ3n) is 6.24. The quantitative estimate of drug-likeness (QED) is 0.409. The number of halogens is 1. The third kappa shape index (κ3) is 3.84. The van der Waals surface area contributed by atoms with Crippen molar-refractivity contribution in [1.29, 1.82) is 0 Å². The van der Waals surface area contributed by atoms with Crippen LogP contribution in [0.5, 0.6) is 5.75 Å². The number of aromatic nitrogens is 1. The van der Waals surface area contributed by atoms with Crippen LogP contribution in [-0.2, 0) is 26.3 Å². The Bertz CT molecular complexity index is 1410. The number of aromatic hydroxyl groups is 1. The molecule has 11 heteroatoms. The zero-order valence-electron chi connectivity index (χ0n) is 18.6. The highest BCUT2D eigenvalue weighted by Crippen LogP contribution is 2.54. The number of nitrogens with one attached hydrogen (secondary N) is 1. The molecule has 1 aromatic heterocycles. The van der Waals surface area contributed by atoms with Crippen molar-refractivity contribution in [2.75, 3.05) is 10.2 Å². The summed E-state index contributed by atoms with van der Waals surface area (Å²) in [4.78, 5) is 53.7. The smallest absolute Gasteiger partial charge is 0.308 e. The summed E-state index contributed by atoms with van der Waals surface area (Å²) >= 11 is 2.08. The molecule has 3 heterocycles. The number of imide groups is 1. The van der Waals surface area contributed by atoms with E-state index in [9.17, 15) is 28.7 Å². The van der Waals surface area contributed by atoms with Crippen LogP contribution in [0.15, 0.2) is 58.4 Å². The van der Waals surface area contributed by atoms with E-state index in [1.54, 1.807) is 0 Å². The Hall–Kier alpha value is -3.44. The van der Waals surface area contributed by atoms with Gasteiger partial charge in [0.15, 0.2) is 0 Å². The van der Waals surface area contributed by atoms with Gasteiger partial charge in [-0.3, -0.25) is 23.7 Å². The molecule has 0 bridgehead atoms. The zero-order chi connectivity index (χ0) is 25.1. The summed E-state index contributed by atoms with van der Waals surface area (Å²) in [6.07, 6.45) is 0. The number of carbonyl (C=O) groups excluding carboxylic acids is 3. The Morgan fingerprint density at radius 2 is 1.71 bits per heavy atom. The van der Waals surface area contributed by atoms with E-state index in [1.165, 1.54) is 53.1 Å². The summed E-state index contributed by atoms with van der Waals surface area (Å²) in [7, 11) is 0. The minimum absolute atomic E-state index is 0.0600. The SMILES string of the molecule is CC1(C)c2sc(=O)n(CC(=O)Nc3ccc(O)cc3)c2S[C@@H]2C(=O)N(c3ccc(F)cc3)C(=O)[C@@H]21. The molecule has 2 aliphatic heterocycles. The summed E-state index contributed by atoms with van der Waals surface area (Å²) in [5, 5.41) is 11.8. The second kappa shape index (κ2) is 8.35. The van der Waals surface area contributed by atoms with E-state index in [0.29, 0.717) is 21.3 Å². The van der Waals surface area contributed by atoms with Crippen LogP contribution in [0.3, 0.4) is 0 Å². The Labute approximate surface area is 207 Å². The molecule has 0 aliphatic carbocycles. The molecule has 5 rings (SSSR count). The number of benzene rings is 2. The summed E-state index contributed by atoms with van der Waals surface area (Å²) in [5.74, 6) is -2.40. The van der Waals surface area contributed by atoms with E-state index in [2.05, 4.69) is 5.32 Å². The lowest BCUT2D eigenvalue weighted by atomic mass is 9.76. The van der Waals surface area contributed by atoms with Crippen LogP contribution in [0, 0.1) is 11.7 Å². The van der Waals surface area contributed by atoms with Crippen LogP contribution in [0.25, 0.3) is 0 Å². The first-order chi connectivity index (χ1) is 16.6. The highest BCUT2D eigenvalue weighted by Gasteiger charge is 2.59. The molecule has 2 aromatic carbocycles. The zero-order valence-corrected chi connectivity index (χ0v) is 20.3. The summed E-state index contributed by atoms with van der Waals surface area (Å²) in [5.41, 5.74) is -0.0827. The molecule has 8 nitrogen and oxygen atoms in total. The number of anilines is 2. The standard InChI is InChI=1S/C24H20FN3O5S2/c1-24(2)17-18(21(32)28(20(17)31)14-7-3-12(25)4-8-14)34-22-19(24)35-23(33)27(22)11-16(30)26-13-5-9-15(29)10-6-13/h3-10,17-18,29H,11H2,1-2H3,(H,26,30)/t17-,18+/m1/s1. The highest BCUT2D eigenvalue weighted by atomic mass is 32.2. The number of nitrogens with zero attached hydrogens (tertiary/aromatic N) is 2. The number of thioether (sulfide) groups is 1. The number of phenolic OH excluding ortho intramolecular Hbond substituents is 1. The van der Waals surface area contributed by atoms with Gasteiger partial charge in [0.2, 0.25) is 17.7 Å². The average Bonchev–Trinajstić information content (AvgIpc) is 3.25. The Kier molecular flexibility index (Phi) is 5.56. The molecule has 3 amide bonds. The van der Waals surface area contributed by atoms with Gasteiger partial charge in [0.25, 0.3) is 0 Å². The van der Waals surface area contributed by atoms with E-state index in [1.807, 2.05) is 13.8 Å². The van der Waals surface area contributed by atoms with E-state index < -0.39 is 40.1 Å². The molecule has 0 radical (unpaired) electrons. The van der Waals surface area contributed by atoms with Crippen molar-refractivity contribution in [2.24, 2.45) is 5.92 Å². The van der Waals surface area contributed by atoms with Gasteiger partial charge < -0.3 is 10.4 Å². The predicted octanol–water partition coefficient (Wildman–Crippen LogP) is 3.33.